The second-order valence-electron chi connectivity index (χ2n) is 8.08. The van der Waals surface area contributed by atoms with E-state index in [-0.39, 0.29) is 18.5 Å². The largest absolute Gasteiger partial charge is 0.398 e. The number of rotatable bonds is 2. The van der Waals surface area contributed by atoms with Gasteiger partial charge >= 0.3 is 0 Å². The van der Waals surface area contributed by atoms with Gasteiger partial charge in [-0.2, -0.15) is 0 Å². The lowest BCUT2D eigenvalue weighted by molar-refractivity contribution is -0.165. The third-order valence-corrected chi connectivity index (χ3v) is 7.44. The van der Waals surface area contributed by atoms with Gasteiger partial charge in [0.15, 0.2) is 5.79 Å². The first-order valence-corrected chi connectivity index (χ1v) is 11.6. The number of anilines is 1. The van der Waals surface area contributed by atoms with E-state index in [1.54, 1.807) is 13.8 Å². The fourth-order valence-electron chi connectivity index (χ4n) is 3.72. The summed E-state index contributed by atoms with van der Waals surface area (Å²) >= 11 is 1.16. The molecule has 0 spiro atoms. The molecule has 2 unspecified atom stereocenters. The lowest BCUT2D eigenvalue weighted by atomic mass is 9.75. The molecule has 32 heavy (non-hydrogen) atoms. The van der Waals surface area contributed by atoms with Crippen LogP contribution in [0.25, 0.3) is 0 Å². The monoisotopic (exact) mass is 482 g/mol. The Morgan fingerprint density at radius 1 is 1.22 bits per heavy atom. The number of nitrogen functional groups attached to an aromatic ring is 1. The van der Waals surface area contributed by atoms with E-state index in [0.717, 1.165) is 22.5 Å². The second kappa shape index (κ2) is 9.55. The summed E-state index contributed by atoms with van der Waals surface area (Å²) in [4.78, 5) is 12.5. The van der Waals surface area contributed by atoms with Crippen molar-refractivity contribution in [2.24, 2.45) is 10.9 Å². The van der Waals surface area contributed by atoms with Gasteiger partial charge < -0.3 is 31.9 Å². The van der Waals surface area contributed by atoms with Crippen LogP contribution in [0.4, 0.5) is 5.69 Å². The number of fused-ring (bicyclic) bond motifs is 2. The van der Waals surface area contributed by atoms with E-state index in [1.807, 2.05) is 6.07 Å². The summed E-state index contributed by atoms with van der Waals surface area (Å²) in [7, 11) is 4.29. The molecule has 4 rings (SSSR count). The minimum Gasteiger partial charge on any atom is -0.398 e. The minimum atomic E-state index is -1.90. The van der Waals surface area contributed by atoms with Crippen LogP contribution in [0.3, 0.4) is 0 Å². The first-order valence-electron chi connectivity index (χ1n) is 9.57. The average molecular weight is 482 g/mol. The van der Waals surface area contributed by atoms with Gasteiger partial charge in [0.1, 0.15) is 33.6 Å². The Kier molecular flexibility index (Phi) is 7.88. The van der Waals surface area contributed by atoms with Crippen LogP contribution in [-0.2, 0) is 45.5 Å². The van der Waals surface area contributed by atoms with E-state index in [9.17, 15) is 24.6 Å². The Hall–Kier alpha value is -1.87. The van der Waals surface area contributed by atoms with Crippen molar-refractivity contribution in [1.29, 1.82) is 0 Å². The van der Waals surface area contributed by atoms with Gasteiger partial charge in [-0.25, -0.2) is 14.3 Å². The zero-order valence-corrected chi connectivity index (χ0v) is 19.4. The molecule has 0 saturated carbocycles. The van der Waals surface area contributed by atoms with Gasteiger partial charge in [-0.15, -0.1) is 11.3 Å². The summed E-state index contributed by atoms with van der Waals surface area (Å²) in [5.74, 6) is -1.90. The van der Waals surface area contributed by atoms with Crippen LogP contribution in [-0.4, -0.2) is 43.9 Å². The van der Waals surface area contributed by atoms with Crippen molar-refractivity contribution in [3.8, 4) is 0 Å². The number of benzene rings is 1. The molecular weight excluding hydrogens is 455 g/mol. The van der Waals surface area contributed by atoms with Crippen LogP contribution in [0.5, 0.6) is 0 Å². The molecule has 10 nitrogen and oxygen atoms in total. The van der Waals surface area contributed by atoms with Crippen molar-refractivity contribution in [2.45, 2.75) is 60.6 Å². The molecule has 2 radical (unpaired) electrons. The number of amides is 1. The predicted molar refractivity (Wildman–Crippen MR) is 121 cm³/mol. The van der Waals surface area contributed by atoms with Crippen molar-refractivity contribution in [3.05, 3.63) is 39.5 Å². The van der Waals surface area contributed by atoms with Gasteiger partial charge in [-0.1, -0.05) is 6.07 Å². The molecule has 0 saturated heterocycles. The van der Waals surface area contributed by atoms with Gasteiger partial charge in [-0.05, 0) is 44.2 Å². The molecule has 1 aromatic carbocycles. The van der Waals surface area contributed by atoms with Crippen LogP contribution in [0.1, 0.15) is 54.0 Å². The molecule has 1 amide bonds. The molecule has 0 fully saturated rings. The lowest BCUT2D eigenvalue weighted by Crippen LogP contribution is -2.27. The summed E-state index contributed by atoms with van der Waals surface area (Å²) in [6.07, 6.45) is 3.58. The molecule has 1 aromatic heterocycles. The predicted octanol–water partition coefficient (Wildman–Crippen LogP) is -0.934. The Balaban J connectivity index is 0.000000213. The molecule has 10 N–H and O–H groups in total. The van der Waals surface area contributed by atoms with Crippen LogP contribution in [0.15, 0.2) is 16.5 Å². The first-order chi connectivity index (χ1) is 14.7. The quantitative estimate of drug-likeness (QED) is 0.123. The van der Waals surface area contributed by atoms with E-state index >= 15 is 0 Å². The maximum atomic E-state index is 10.8. The summed E-state index contributed by atoms with van der Waals surface area (Å²) in [5.41, 5.74) is 10.5. The summed E-state index contributed by atoms with van der Waals surface area (Å²) in [5, 5.41) is 45.0. The number of aromatic nitrogens is 1. The number of aryl methyl sites for hydroxylation is 2. The molecule has 174 valence electrons. The van der Waals surface area contributed by atoms with E-state index < -0.39 is 27.9 Å². The fourth-order valence-corrected chi connectivity index (χ4v) is 5.10. The highest BCUT2D eigenvalue weighted by Gasteiger charge is 2.42. The molecule has 2 aromatic rings. The zero-order chi connectivity index (χ0) is 24.5. The number of hydrogen-bond donors (Lipinski definition) is 7. The van der Waals surface area contributed by atoms with Crippen molar-refractivity contribution in [2.75, 3.05) is 5.73 Å². The van der Waals surface area contributed by atoms with E-state index in [2.05, 4.69) is 10.7 Å². The fraction of sp³-hybridized carbons (Fsp3) is 0.474. The summed E-state index contributed by atoms with van der Waals surface area (Å²) < 4.78 is 11.2. The number of nitrogens with two attached hydrogens (primary N) is 3. The topological polar surface area (TPSA) is 206 Å². The lowest BCUT2D eigenvalue weighted by Gasteiger charge is -2.25. The molecule has 2 aliphatic rings. The summed E-state index contributed by atoms with van der Waals surface area (Å²) in [6, 6.07) is 1.89. The molecule has 0 bridgehead atoms. The highest BCUT2D eigenvalue weighted by atomic mass is 32.2. The molecule has 13 heteroatoms. The number of carbonyl (C=O) groups is 1. The van der Waals surface area contributed by atoms with E-state index in [1.165, 1.54) is 6.20 Å². The third kappa shape index (κ3) is 5.54. The highest BCUT2D eigenvalue weighted by Crippen LogP contribution is 2.47. The van der Waals surface area contributed by atoms with Gasteiger partial charge in [0.2, 0.25) is 6.41 Å². The SMILES string of the molecule is CC(C)(O)c1ncc(S(N)=O)s1.NC=O.[B]C1(O)CCc2cc3c(c(N)c21)C(O)(O)CC3. The number of nitrogens with zero attached hydrogens (tertiary/aromatic N) is 1. The maximum Gasteiger partial charge on any atom is 0.204 e. The Morgan fingerprint density at radius 2 is 1.75 bits per heavy atom. The van der Waals surface area contributed by atoms with Crippen molar-refractivity contribution in [1.82, 2.24) is 4.98 Å². The van der Waals surface area contributed by atoms with Crippen molar-refractivity contribution in [3.63, 3.8) is 0 Å². The molecule has 1 heterocycles. The smallest absolute Gasteiger partial charge is 0.204 e. The third-order valence-electron chi connectivity index (χ3n) is 5.09. The number of primary amides is 1. The van der Waals surface area contributed by atoms with E-state index in [4.69, 9.17) is 23.5 Å². The average Bonchev–Trinajstić information content (AvgIpc) is 3.33. The number of hydrogen-bond acceptors (Lipinski definition) is 9. The summed E-state index contributed by atoms with van der Waals surface area (Å²) in [6.45, 7) is 3.24. The van der Waals surface area contributed by atoms with Gasteiger partial charge in [-0.3, -0.25) is 4.79 Å². The Morgan fingerprint density at radius 3 is 2.22 bits per heavy atom. The minimum absolute atomic E-state index is 0.235. The number of thiazole rings is 1. The van der Waals surface area contributed by atoms with Crippen LogP contribution < -0.4 is 16.6 Å². The normalized spacial score (nSPS) is 21.3. The van der Waals surface area contributed by atoms with Gasteiger partial charge in [0.05, 0.1) is 11.7 Å². The van der Waals surface area contributed by atoms with Crippen LogP contribution >= 0.6 is 11.3 Å². The Bertz CT molecular complexity index is 978. The van der Waals surface area contributed by atoms with E-state index in [0.29, 0.717) is 39.6 Å². The molecule has 0 aliphatic heterocycles. The molecule has 2 atom stereocenters. The van der Waals surface area contributed by atoms with Crippen molar-refractivity contribution >= 4 is 42.3 Å². The van der Waals surface area contributed by atoms with Crippen LogP contribution in [0.2, 0.25) is 0 Å². The van der Waals surface area contributed by atoms with Crippen LogP contribution in [0, 0.1) is 0 Å². The highest BCUT2D eigenvalue weighted by molar-refractivity contribution is 7.85. The van der Waals surface area contributed by atoms with Gasteiger partial charge in [0.25, 0.3) is 0 Å². The van der Waals surface area contributed by atoms with Crippen molar-refractivity contribution < 1.29 is 29.4 Å². The first kappa shape index (κ1) is 26.4. The standard InChI is InChI=1S/C12H14BNO3.C6H10N2O2S2.CH3NO/c13-11(15)3-1-6-5-7-2-4-12(16,17)9(7)10(14)8(6)11;1-6(2,9)5-8-3-4(11-5)12(7)10;2-1-3/h5,15-17H,1-4,14H2;3,9H,7H2,1-2H3;1H,(H2,2,3). The maximum absolute atomic E-state index is 10.8. The molecule has 2 aliphatic carbocycles. The van der Waals surface area contributed by atoms with Gasteiger partial charge in [0, 0.05) is 23.2 Å². The second-order valence-corrected chi connectivity index (χ2v) is 10.4. The zero-order valence-electron chi connectivity index (χ0n) is 17.7. The number of carbonyl (C=O) groups excluding carboxylic acids is 1. The molecular formula is C19H27BN4O6S2. The Labute approximate surface area is 193 Å². The number of aliphatic hydroxyl groups is 4.